The van der Waals surface area contributed by atoms with Gasteiger partial charge in [0.15, 0.2) is 11.6 Å². The molecule has 1 aliphatic heterocycles. The van der Waals surface area contributed by atoms with Crippen molar-refractivity contribution in [3.05, 3.63) is 36.4 Å². The third-order valence-electron chi connectivity index (χ3n) is 4.44. The van der Waals surface area contributed by atoms with E-state index in [-0.39, 0.29) is 11.9 Å². The molecule has 8 heteroatoms. The lowest BCUT2D eigenvalue weighted by atomic mass is 10.2. The number of rotatable bonds is 6. The maximum atomic E-state index is 14.0. The molecular formula is C18H25FN6O. The van der Waals surface area contributed by atoms with Gasteiger partial charge in [0, 0.05) is 39.3 Å². The highest BCUT2D eigenvalue weighted by molar-refractivity contribution is 5.75. The first-order valence-corrected chi connectivity index (χ1v) is 8.70. The van der Waals surface area contributed by atoms with Crippen molar-refractivity contribution in [2.45, 2.75) is 13.0 Å². The molecule has 0 radical (unpaired) electrons. The molecule has 0 spiro atoms. The van der Waals surface area contributed by atoms with Gasteiger partial charge in [0.05, 0.1) is 12.3 Å². The van der Waals surface area contributed by atoms with Crippen molar-refractivity contribution in [3.8, 4) is 0 Å². The maximum Gasteiger partial charge on any atom is 0.157 e. The van der Waals surface area contributed by atoms with Crippen LogP contribution in [0.4, 0.5) is 27.4 Å². The Morgan fingerprint density at radius 1 is 1.19 bits per heavy atom. The van der Waals surface area contributed by atoms with Crippen LogP contribution in [-0.4, -0.2) is 55.9 Å². The summed E-state index contributed by atoms with van der Waals surface area (Å²) in [4.78, 5) is 12.8. The second-order valence-electron chi connectivity index (χ2n) is 6.39. The lowest BCUT2D eigenvalue weighted by Gasteiger charge is -2.37. The standard InChI is InChI=1S/C18H25FN6O/c1-13(11-26-2)23-17-16(20)18(22-12-21-17)25-9-7-24(8-10-25)15-6-4-3-5-14(15)19/h3-6,12-13H,7-11,20H2,1-2H3,(H,21,22,23). The van der Waals surface area contributed by atoms with Crippen LogP contribution in [0.2, 0.25) is 0 Å². The van der Waals surface area contributed by atoms with E-state index in [1.54, 1.807) is 13.2 Å². The molecule has 2 aromatic rings. The van der Waals surface area contributed by atoms with Crippen molar-refractivity contribution in [2.24, 2.45) is 0 Å². The molecule has 26 heavy (non-hydrogen) atoms. The van der Waals surface area contributed by atoms with Crippen molar-refractivity contribution in [1.29, 1.82) is 0 Å². The predicted octanol–water partition coefficient (Wildman–Crippen LogP) is 1.97. The fourth-order valence-electron chi connectivity index (χ4n) is 3.15. The summed E-state index contributed by atoms with van der Waals surface area (Å²) < 4.78 is 19.1. The van der Waals surface area contributed by atoms with Gasteiger partial charge >= 0.3 is 0 Å². The second-order valence-corrected chi connectivity index (χ2v) is 6.39. The molecule has 1 aromatic heterocycles. The summed E-state index contributed by atoms with van der Waals surface area (Å²) in [5, 5.41) is 3.24. The molecule has 0 bridgehead atoms. The summed E-state index contributed by atoms with van der Waals surface area (Å²) >= 11 is 0. The molecule has 3 rings (SSSR count). The molecule has 1 fully saturated rings. The number of benzene rings is 1. The predicted molar refractivity (Wildman–Crippen MR) is 102 cm³/mol. The molecule has 0 amide bonds. The number of nitrogens with zero attached hydrogens (tertiary/aromatic N) is 4. The number of nitrogen functional groups attached to an aromatic ring is 1. The van der Waals surface area contributed by atoms with Crippen LogP contribution in [0.5, 0.6) is 0 Å². The molecule has 1 unspecified atom stereocenters. The molecule has 2 heterocycles. The van der Waals surface area contributed by atoms with Crippen LogP contribution in [0, 0.1) is 5.82 Å². The number of anilines is 4. The normalized spacial score (nSPS) is 15.8. The third-order valence-corrected chi connectivity index (χ3v) is 4.44. The summed E-state index contributed by atoms with van der Waals surface area (Å²) in [5.74, 6) is 1.12. The van der Waals surface area contributed by atoms with E-state index in [1.807, 2.05) is 24.0 Å². The first-order chi connectivity index (χ1) is 12.6. The quantitative estimate of drug-likeness (QED) is 0.815. The SMILES string of the molecule is COCC(C)Nc1ncnc(N2CCN(c3ccccc3F)CC2)c1N. The maximum absolute atomic E-state index is 14.0. The number of hydrogen-bond donors (Lipinski definition) is 2. The Balaban J connectivity index is 1.69. The fourth-order valence-corrected chi connectivity index (χ4v) is 3.15. The topological polar surface area (TPSA) is 79.5 Å². The van der Waals surface area contributed by atoms with Crippen LogP contribution < -0.4 is 20.9 Å². The van der Waals surface area contributed by atoms with Crippen LogP contribution >= 0.6 is 0 Å². The molecule has 7 nitrogen and oxygen atoms in total. The van der Waals surface area contributed by atoms with E-state index in [9.17, 15) is 4.39 Å². The number of para-hydroxylation sites is 1. The minimum atomic E-state index is -0.193. The van der Waals surface area contributed by atoms with Crippen LogP contribution in [-0.2, 0) is 4.74 Å². The molecule has 0 aliphatic carbocycles. The first kappa shape index (κ1) is 18.2. The van der Waals surface area contributed by atoms with Gasteiger partial charge in [-0.2, -0.15) is 0 Å². The Morgan fingerprint density at radius 3 is 2.58 bits per heavy atom. The van der Waals surface area contributed by atoms with Crippen molar-refractivity contribution in [2.75, 3.05) is 60.7 Å². The Bertz CT molecular complexity index is 735. The smallest absolute Gasteiger partial charge is 0.157 e. The Kier molecular flexibility index (Phi) is 5.72. The molecule has 1 saturated heterocycles. The van der Waals surface area contributed by atoms with Crippen molar-refractivity contribution in [3.63, 3.8) is 0 Å². The fraction of sp³-hybridized carbons (Fsp3) is 0.444. The van der Waals surface area contributed by atoms with Gasteiger partial charge in [0.2, 0.25) is 0 Å². The number of halogens is 1. The number of methoxy groups -OCH3 is 1. The molecule has 0 saturated carbocycles. The number of nitrogens with two attached hydrogens (primary N) is 1. The molecule has 1 aromatic carbocycles. The van der Waals surface area contributed by atoms with E-state index < -0.39 is 0 Å². The molecular weight excluding hydrogens is 335 g/mol. The molecule has 1 aliphatic rings. The summed E-state index contributed by atoms with van der Waals surface area (Å²) in [6.45, 7) is 5.38. The van der Waals surface area contributed by atoms with E-state index in [2.05, 4.69) is 20.2 Å². The Morgan fingerprint density at radius 2 is 1.88 bits per heavy atom. The monoisotopic (exact) mass is 360 g/mol. The second kappa shape index (κ2) is 8.18. The van der Waals surface area contributed by atoms with Gasteiger partial charge in [0.1, 0.15) is 17.8 Å². The average molecular weight is 360 g/mol. The van der Waals surface area contributed by atoms with Crippen LogP contribution in [0.15, 0.2) is 30.6 Å². The van der Waals surface area contributed by atoms with Crippen molar-refractivity contribution < 1.29 is 9.13 Å². The number of nitrogens with one attached hydrogen (secondary N) is 1. The lowest BCUT2D eigenvalue weighted by molar-refractivity contribution is 0.190. The van der Waals surface area contributed by atoms with Crippen LogP contribution in [0.25, 0.3) is 0 Å². The van der Waals surface area contributed by atoms with Gasteiger partial charge in [-0.25, -0.2) is 14.4 Å². The summed E-state index contributed by atoms with van der Waals surface area (Å²) in [6, 6.07) is 6.94. The number of ether oxygens (including phenoxy) is 1. The van der Waals surface area contributed by atoms with Gasteiger partial charge in [0.25, 0.3) is 0 Å². The van der Waals surface area contributed by atoms with E-state index in [4.69, 9.17) is 10.5 Å². The average Bonchev–Trinajstić information content (AvgIpc) is 2.64. The number of hydrogen-bond acceptors (Lipinski definition) is 7. The number of aromatic nitrogens is 2. The van der Waals surface area contributed by atoms with Crippen LogP contribution in [0.1, 0.15) is 6.92 Å². The van der Waals surface area contributed by atoms with E-state index in [0.29, 0.717) is 55.8 Å². The van der Waals surface area contributed by atoms with Gasteiger partial charge < -0.3 is 25.6 Å². The zero-order chi connectivity index (χ0) is 18.5. The molecule has 140 valence electrons. The van der Waals surface area contributed by atoms with Gasteiger partial charge in [-0.15, -0.1) is 0 Å². The highest BCUT2D eigenvalue weighted by atomic mass is 19.1. The largest absolute Gasteiger partial charge is 0.393 e. The minimum Gasteiger partial charge on any atom is -0.393 e. The third kappa shape index (κ3) is 3.96. The van der Waals surface area contributed by atoms with Crippen molar-refractivity contribution in [1.82, 2.24) is 9.97 Å². The lowest BCUT2D eigenvalue weighted by Crippen LogP contribution is -2.47. The van der Waals surface area contributed by atoms with E-state index in [1.165, 1.54) is 12.4 Å². The summed E-state index contributed by atoms with van der Waals surface area (Å²) in [6.07, 6.45) is 1.51. The summed E-state index contributed by atoms with van der Waals surface area (Å²) in [5.41, 5.74) is 7.45. The zero-order valence-corrected chi connectivity index (χ0v) is 15.2. The highest BCUT2D eigenvalue weighted by Crippen LogP contribution is 2.28. The van der Waals surface area contributed by atoms with E-state index >= 15 is 0 Å². The van der Waals surface area contributed by atoms with Gasteiger partial charge in [-0.3, -0.25) is 0 Å². The van der Waals surface area contributed by atoms with Gasteiger partial charge in [-0.05, 0) is 19.1 Å². The molecule has 3 N–H and O–H groups in total. The van der Waals surface area contributed by atoms with Crippen molar-refractivity contribution >= 4 is 23.0 Å². The Hall–Kier alpha value is -2.61. The first-order valence-electron chi connectivity index (χ1n) is 8.70. The minimum absolute atomic E-state index is 0.0861. The molecule has 1 atom stereocenters. The summed E-state index contributed by atoms with van der Waals surface area (Å²) in [7, 11) is 1.65. The zero-order valence-electron chi connectivity index (χ0n) is 15.2. The Labute approximate surface area is 153 Å². The van der Waals surface area contributed by atoms with Crippen LogP contribution in [0.3, 0.4) is 0 Å². The van der Waals surface area contributed by atoms with E-state index in [0.717, 1.165) is 0 Å². The number of piperazine rings is 1. The van der Waals surface area contributed by atoms with Gasteiger partial charge in [-0.1, -0.05) is 12.1 Å². The highest BCUT2D eigenvalue weighted by Gasteiger charge is 2.23.